The van der Waals surface area contributed by atoms with Crippen molar-refractivity contribution in [3.63, 3.8) is 0 Å². The number of ether oxygens (including phenoxy) is 10. The minimum Gasteiger partial charge on any atom is -0.491 e. The van der Waals surface area contributed by atoms with Crippen LogP contribution in [0.4, 0.5) is 0 Å². The molecule has 0 saturated carbocycles. The summed E-state index contributed by atoms with van der Waals surface area (Å²) < 4.78 is 56.9. The highest BCUT2D eigenvalue weighted by Crippen LogP contribution is 2.26. The number of hydrogen-bond acceptors (Lipinski definition) is 10. The van der Waals surface area contributed by atoms with Crippen molar-refractivity contribution in [3.8, 4) is 45.3 Å². The largest absolute Gasteiger partial charge is 0.491 e. The summed E-state index contributed by atoms with van der Waals surface area (Å²) in [4.78, 5) is 0. The lowest BCUT2D eigenvalue weighted by molar-refractivity contribution is -0.00698. The lowest BCUT2D eigenvalue weighted by Gasteiger charge is -2.11. The first-order chi connectivity index (χ1) is 24.8. The Morgan fingerprint density at radius 1 is 0.200 bits per heavy atom. The fraction of sp³-hybridized carbons (Fsp3) is 0.400. The van der Waals surface area contributed by atoms with E-state index in [-0.39, 0.29) is 0 Å². The lowest BCUT2D eigenvalue weighted by atomic mass is 10.1. The molecule has 4 aromatic carbocycles. The second kappa shape index (κ2) is 22.5. The van der Waals surface area contributed by atoms with Crippen molar-refractivity contribution >= 4 is 0 Å². The van der Waals surface area contributed by atoms with Crippen molar-refractivity contribution in [2.45, 2.75) is 0 Å². The zero-order valence-electron chi connectivity index (χ0n) is 28.6. The highest BCUT2D eigenvalue weighted by molar-refractivity contribution is 5.65. The van der Waals surface area contributed by atoms with Crippen molar-refractivity contribution in [1.29, 1.82) is 0 Å². The first kappa shape index (κ1) is 37.1. The molecule has 0 unspecified atom stereocenters. The molecule has 10 heteroatoms. The highest BCUT2D eigenvalue weighted by atomic mass is 16.6. The van der Waals surface area contributed by atoms with E-state index in [0.717, 1.165) is 45.3 Å². The van der Waals surface area contributed by atoms with Crippen LogP contribution in [0.1, 0.15) is 0 Å². The topological polar surface area (TPSA) is 92.3 Å². The van der Waals surface area contributed by atoms with Crippen LogP contribution in [0.2, 0.25) is 0 Å². The molecule has 50 heavy (non-hydrogen) atoms. The molecule has 268 valence electrons. The Morgan fingerprint density at radius 3 is 0.540 bits per heavy atom. The number of fused-ring (bicyclic) bond motifs is 1. The van der Waals surface area contributed by atoms with Gasteiger partial charge in [-0.15, -0.1) is 0 Å². The average Bonchev–Trinajstić information content (AvgIpc) is 3.16. The van der Waals surface area contributed by atoms with Crippen molar-refractivity contribution in [1.82, 2.24) is 0 Å². The molecular formula is C40H48O10. The van der Waals surface area contributed by atoms with Gasteiger partial charge in [-0.2, -0.15) is 0 Å². The molecule has 10 nitrogen and oxygen atoms in total. The van der Waals surface area contributed by atoms with Gasteiger partial charge in [-0.1, -0.05) is 48.5 Å². The van der Waals surface area contributed by atoms with Gasteiger partial charge in [-0.3, -0.25) is 0 Å². The Bertz CT molecular complexity index is 1330. The van der Waals surface area contributed by atoms with Crippen LogP contribution in [-0.4, -0.2) is 106 Å². The molecular weight excluding hydrogens is 640 g/mol. The van der Waals surface area contributed by atoms with Crippen LogP contribution < -0.4 is 18.9 Å². The Kier molecular flexibility index (Phi) is 16.7. The first-order valence-electron chi connectivity index (χ1n) is 17.2. The predicted molar refractivity (Wildman–Crippen MR) is 191 cm³/mol. The normalized spacial score (nSPS) is 17.3. The van der Waals surface area contributed by atoms with Gasteiger partial charge in [0.25, 0.3) is 0 Å². The van der Waals surface area contributed by atoms with Crippen LogP contribution >= 0.6 is 0 Å². The third-order valence-electron chi connectivity index (χ3n) is 7.56. The Morgan fingerprint density at radius 2 is 0.360 bits per heavy atom. The second-order valence-corrected chi connectivity index (χ2v) is 11.2. The molecule has 7 aliphatic rings. The van der Waals surface area contributed by atoms with E-state index in [0.29, 0.717) is 106 Å². The number of hydrogen-bond donors (Lipinski definition) is 0. The molecule has 0 spiro atoms. The van der Waals surface area contributed by atoms with Gasteiger partial charge >= 0.3 is 0 Å². The summed E-state index contributed by atoms with van der Waals surface area (Å²) in [7, 11) is 0. The van der Waals surface area contributed by atoms with E-state index in [4.69, 9.17) is 47.4 Å². The SMILES string of the molecule is c1cc2ccc1OCCOCCOCCOCCOCCOc1ccc(cc1)-c1ccc(cc1)OCCOCCOCCOc1ccc-2cc1. The quantitative estimate of drug-likeness (QED) is 0.208. The van der Waals surface area contributed by atoms with Gasteiger partial charge in [0, 0.05) is 0 Å². The molecule has 11 rings (SSSR count). The molecule has 7 heterocycles. The summed E-state index contributed by atoms with van der Waals surface area (Å²) in [6, 6.07) is 32.1. The zero-order valence-corrected chi connectivity index (χ0v) is 28.6. The molecule has 0 atom stereocenters. The van der Waals surface area contributed by atoms with Crippen molar-refractivity contribution in [2.75, 3.05) is 106 Å². The molecule has 0 fully saturated rings. The highest BCUT2D eigenvalue weighted by Gasteiger charge is 2.04. The maximum atomic E-state index is 5.83. The summed E-state index contributed by atoms with van der Waals surface area (Å²) in [5.41, 5.74) is 4.39. The Balaban J connectivity index is 1.03. The molecule has 8 bridgehead atoms. The summed E-state index contributed by atoms with van der Waals surface area (Å²) in [5, 5.41) is 0. The van der Waals surface area contributed by atoms with E-state index in [1.54, 1.807) is 0 Å². The fourth-order valence-electron chi connectivity index (χ4n) is 4.93. The molecule has 0 aliphatic carbocycles. The predicted octanol–water partition coefficient (Wildman–Crippen LogP) is 6.35. The van der Waals surface area contributed by atoms with Gasteiger partial charge in [-0.25, -0.2) is 0 Å². The van der Waals surface area contributed by atoms with Crippen molar-refractivity contribution < 1.29 is 47.4 Å². The molecule has 0 aromatic heterocycles. The Hall–Kier alpha value is -4.16. The monoisotopic (exact) mass is 688 g/mol. The lowest BCUT2D eigenvalue weighted by Crippen LogP contribution is -2.14. The van der Waals surface area contributed by atoms with Crippen LogP contribution in [0.5, 0.6) is 23.0 Å². The van der Waals surface area contributed by atoms with Crippen molar-refractivity contribution in [2.24, 2.45) is 0 Å². The van der Waals surface area contributed by atoms with Gasteiger partial charge in [-0.05, 0) is 70.8 Å². The van der Waals surface area contributed by atoms with Gasteiger partial charge in [0.1, 0.15) is 49.4 Å². The van der Waals surface area contributed by atoms with Crippen LogP contribution in [0.25, 0.3) is 22.3 Å². The van der Waals surface area contributed by atoms with Gasteiger partial charge in [0.2, 0.25) is 0 Å². The minimum atomic E-state index is 0.462. The van der Waals surface area contributed by atoms with E-state index in [1.165, 1.54) is 0 Å². The molecule has 4 aromatic rings. The van der Waals surface area contributed by atoms with E-state index in [2.05, 4.69) is 0 Å². The van der Waals surface area contributed by atoms with Crippen molar-refractivity contribution in [3.05, 3.63) is 97.1 Å². The molecule has 0 saturated heterocycles. The maximum Gasteiger partial charge on any atom is 0.119 e. The second-order valence-electron chi connectivity index (χ2n) is 11.2. The average molecular weight is 689 g/mol. The minimum absolute atomic E-state index is 0.462. The van der Waals surface area contributed by atoms with Crippen LogP contribution in [0, 0.1) is 0 Å². The van der Waals surface area contributed by atoms with Crippen LogP contribution in [-0.2, 0) is 28.4 Å². The standard InChI is InChI=1S/C40H48O10/c1-9-37-10-2-33(1)35-5-13-39(14-6-35)49-31-27-45-23-24-46-28-32-50-40-15-7-36(8-16-40)34-3-11-38(12-4-34)48-30-26-44-22-20-42-18-17-41-19-21-43-25-29-47-37/h1-16H,17-32H2. The Labute approximate surface area is 295 Å². The van der Waals surface area contributed by atoms with E-state index in [1.807, 2.05) is 97.1 Å². The third-order valence-corrected chi connectivity index (χ3v) is 7.56. The fourth-order valence-corrected chi connectivity index (χ4v) is 4.93. The van der Waals surface area contributed by atoms with E-state index < -0.39 is 0 Å². The van der Waals surface area contributed by atoms with Crippen LogP contribution in [0.15, 0.2) is 97.1 Å². The first-order valence-corrected chi connectivity index (χ1v) is 17.2. The van der Waals surface area contributed by atoms with Gasteiger partial charge in [0.05, 0.1) is 79.3 Å². The molecule has 0 radical (unpaired) electrons. The smallest absolute Gasteiger partial charge is 0.119 e. The summed E-state index contributed by atoms with van der Waals surface area (Å²) in [6.45, 7) is 7.77. The zero-order chi connectivity index (χ0) is 34.3. The number of benzene rings is 4. The summed E-state index contributed by atoms with van der Waals surface area (Å²) in [6.07, 6.45) is 0. The van der Waals surface area contributed by atoms with E-state index in [9.17, 15) is 0 Å². The number of rotatable bonds is 0. The maximum absolute atomic E-state index is 5.83. The van der Waals surface area contributed by atoms with Gasteiger partial charge < -0.3 is 47.4 Å². The molecule has 0 amide bonds. The summed E-state index contributed by atoms with van der Waals surface area (Å²) >= 11 is 0. The summed E-state index contributed by atoms with van der Waals surface area (Å²) in [5.74, 6) is 3.19. The van der Waals surface area contributed by atoms with E-state index >= 15 is 0 Å². The van der Waals surface area contributed by atoms with Gasteiger partial charge in [0.15, 0.2) is 0 Å². The molecule has 0 N–H and O–H groups in total. The molecule has 7 aliphatic heterocycles. The third kappa shape index (κ3) is 14.0. The van der Waals surface area contributed by atoms with Crippen LogP contribution in [0.3, 0.4) is 0 Å².